The number of oxazole rings is 1. The molecule has 0 N–H and O–H groups in total. The number of hydrogen-bond acceptors (Lipinski definition) is 4. The van der Waals surface area contributed by atoms with E-state index in [-0.39, 0.29) is 0 Å². The van der Waals surface area contributed by atoms with Crippen molar-refractivity contribution < 1.29 is 27.1 Å². The number of aryl methyl sites for hydroxylation is 1. The van der Waals surface area contributed by atoms with E-state index >= 15 is 0 Å². The lowest BCUT2D eigenvalue weighted by Gasteiger charge is -2.08. The second-order valence-corrected chi connectivity index (χ2v) is 7.82. The minimum atomic E-state index is -4.38. The van der Waals surface area contributed by atoms with Gasteiger partial charge in [0.2, 0.25) is 5.89 Å². The van der Waals surface area contributed by atoms with Crippen molar-refractivity contribution in [2.75, 3.05) is 6.61 Å². The summed E-state index contributed by atoms with van der Waals surface area (Å²) < 4.78 is 55.6. The molecule has 7 heteroatoms. The standard InChI is InChI=1S/C27H24F3NO3/c1-19-25(31-26(34-19)22-10-12-23(13-11-22)27(28,29)30)14-15-33-24-9-5-8-21(16-24)18-32-17-20-6-3-2-4-7-20/h2-13,16H,14-15,17-18H2,1H3. The van der Waals surface area contributed by atoms with Crippen LogP contribution in [0.1, 0.15) is 28.1 Å². The lowest BCUT2D eigenvalue weighted by molar-refractivity contribution is -0.137. The number of rotatable bonds is 9. The fourth-order valence-corrected chi connectivity index (χ4v) is 3.44. The van der Waals surface area contributed by atoms with Crippen LogP contribution < -0.4 is 4.74 Å². The molecule has 0 aliphatic carbocycles. The monoisotopic (exact) mass is 467 g/mol. The number of benzene rings is 3. The van der Waals surface area contributed by atoms with Crippen LogP contribution in [0.25, 0.3) is 11.5 Å². The average molecular weight is 467 g/mol. The summed E-state index contributed by atoms with van der Waals surface area (Å²) in [6.07, 6.45) is -3.87. The molecular weight excluding hydrogens is 443 g/mol. The summed E-state index contributed by atoms with van der Waals surface area (Å²) in [5, 5.41) is 0. The van der Waals surface area contributed by atoms with Crippen LogP contribution in [0.2, 0.25) is 0 Å². The highest BCUT2D eigenvalue weighted by atomic mass is 19.4. The average Bonchev–Trinajstić information content (AvgIpc) is 3.20. The Morgan fingerprint density at radius 2 is 1.56 bits per heavy atom. The first-order valence-electron chi connectivity index (χ1n) is 10.9. The Hall–Kier alpha value is -3.58. The zero-order valence-corrected chi connectivity index (χ0v) is 18.6. The van der Waals surface area contributed by atoms with Crippen LogP contribution in [-0.2, 0) is 30.5 Å². The first-order chi connectivity index (χ1) is 16.4. The molecule has 3 aromatic carbocycles. The first-order valence-corrected chi connectivity index (χ1v) is 10.9. The zero-order valence-electron chi connectivity index (χ0n) is 18.6. The van der Waals surface area contributed by atoms with Crippen LogP contribution in [0.3, 0.4) is 0 Å². The third-order valence-corrected chi connectivity index (χ3v) is 5.24. The molecule has 4 rings (SSSR count). The van der Waals surface area contributed by atoms with Crippen molar-refractivity contribution >= 4 is 0 Å². The molecule has 0 atom stereocenters. The Bertz CT molecular complexity index is 1200. The molecule has 0 bridgehead atoms. The summed E-state index contributed by atoms with van der Waals surface area (Å²) >= 11 is 0. The molecule has 0 saturated heterocycles. The van der Waals surface area contributed by atoms with Gasteiger partial charge in [0.05, 0.1) is 31.1 Å². The molecule has 4 nitrogen and oxygen atoms in total. The predicted molar refractivity (Wildman–Crippen MR) is 122 cm³/mol. The zero-order chi connectivity index (χ0) is 24.0. The number of ether oxygens (including phenoxy) is 2. The van der Waals surface area contributed by atoms with Gasteiger partial charge in [0.15, 0.2) is 0 Å². The van der Waals surface area contributed by atoms with E-state index in [0.29, 0.717) is 49.1 Å². The third kappa shape index (κ3) is 6.26. The number of hydrogen-bond donors (Lipinski definition) is 0. The number of aromatic nitrogens is 1. The summed E-state index contributed by atoms with van der Waals surface area (Å²) in [7, 11) is 0. The van der Waals surface area contributed by atoms with Crippen LogP contribution >= 0.6 is 0 Å². The fourth-order valence-electron chi connectivity index (χ4n) is 3.44. The van der Waals surface area contributed by atoms with Crippen molar-refractivity contribution in [3.8, 4) is 17.2 Å². The fraction of sp³-hybridized carbons (Fsp3) is 0.222. The summed E-state index contributed by atoms with van der Waals surface area (Å²) in [6, 6.07) is 22.5. The summed E-state index contributed by atoms with van der Waals surface area (Å²) in [4.78, 5) is 4.44. The molecular formula is C27H24F3NO3. The van der Waals surface area contributed by atoms with E-state index in [1.54, 1.807) is 6.92 Å². The summed E-state index contributed by atoms with van der Waals surface area (Å²) in [5.41, 5.74) is 2.62. The van der Waals surface area contributed by atoms with Crippen molar-refractivity contribution in [1.29, 1.82) is 0 Å². The first kappa shape index (κ1) is 23.6. The smallest absolute Gasteiger partial charge is 0.416 e. The molecule has 0 saturated carbocycles. The molecule has 0 fully saturated rings. The van der Waals surface area contributed by atoms with Crippen LogP contribution in [0.4, 0.5) is 13.2 Å². The minimum absolute atomic E-state index is 0.291. The van der Waals surface area contributed by atoms with E-state index in [1.807, 2.05) is 54.6 Å². The van der Waals surface area contributed by atoms with E-state index in [1.165, 1.54) is 12.1 Å². The van der Waals surface area contributed by atoms with Gasteiger partial charge in [-0.05, 0) is 54.4 Å². The lowest BCUT2D eigenvalue weighted by Crippen LogP contribution is -2.04. The van der Waals surface area contributed by atoms with Crippen molar-refractivity contribution in [3.63, 3.8) is 0 Å². The molecule has 176 valence electrons. The van der Waals surface area contributed by atoms with Gasteiger partial charge in [0.1, 0.15) is 11.5 Å². The van der Waals surface area contributed by atoms with E-state index in [4.69, 9.17) is 13.9 Å². The largest absolute Gasteiger partial charge is 0.493 e. The Balaban J connectivity index is 1.30. The van der Waals surface area contributed by atoms with E-state index in [2.05, 4.69) is 4.98 Å². The normalized spacial score (nSPS) is 11.5. The molecule has 0 aliphatic heterocycles. The van der Waals surface area contributed by atoms with Crippen LogP contribution in [-0.4, -0.2) is 11.6 Å². The maximum Gasteiger partial charge on any atom is 0.416 e. The summed E-state index contributed by atoms with van der Waals surface area (Å²) in [5.74, 6) is 1.63. The number of nitrogens with zero attached hydrogens (tertiary/aromatic N) is 1. The molecule has 4 aromatic rings. The number of alkyl halides is 3. The highest BCUT2D eigenvalue weighted by molar-refractivity contribution is 5.54. The van der Waals surface area contributed by atoms with E-state index in [0.717, 1.165) is 29.0 Å². The van der Waals surface area contributed by atoms with Crippen LogP contribution in [0, 0.1) is 6.92 Å². The van der Waals surface area contributed by atoms with Gasteiger partial charge in [-0.3, -0.25) is 0 Å². The highest BCUT2D eigenvalue weighted by Gasteiger charge is 2.30. The van der Waals surface area contributed by atoms with Gasteiger partial charge in [-0.15, -0.1) is 0 Å². The Morgan fingerprint density at radius 1 is 0.853 bits per heavy atom. The molecule has 1 aromatic heterocycles. The van der Waals surface area contributed by atoms with Crippen molar-refractivity contribution in [3.05, 3.63) is 107 Å². The number of halogens is 3. The maximum absolute atomic E-state index is 12.8. The second kappa shape index (κ2) is 10.6. The molecule has 0 unspecified atom stereocenters. The SMILES string of the molecule is Cc1oc(-c2ccc(C(F)(F)F)cc2)nc1CCOc1cccc(COCc2ccccc2)c1. The van der Waals surface area contributed by atoms with Gasteiger partial charge in [0, 0.05) is 12.0 Å². The van der Waals surface area contributed by atoms with Gasteiger partial charge < -0.3 is 13.9 Å². The second-order valence-electron chi connectivity index (χ2n) is 7.82. The molecule has 1 heterocycles. The van der Waals surface area contributed by atoms with Gasteiger partial charge in [-0.2, -0.15) is 13.2 Å². The highest BCUT2D eigenvalue weighted by Crippen LogP contribution is 2.31. The Kier molecular flexibility index (Phi) is 7.33. The summed E-state index contributed by atoms with van der Waals surface area (Å²) in [6.45, 7) is 3.18. The van der Waals surface area contributed by atoms with Crippen molar-refractivity contribution in [1.82, 2.24) is 4.98 Å². The topological polar surface area (TPSA) is 44.5 Å². The van der Waals surface area contributed by atoms with Crippen molar-refractivity contribution in [2.45, 2.75) is 32.7 Å². The molecule has 0 amide bonds. The molecule has 0 radical (unpaired) electrons. The van der Waals surface area contributed by atoms with Gasteiger partial charge in [-0.1, -0.05) is 42.5 Å². The maximum atomic E-state index is 12.8. The van der Waals surface area contributed by atoms with E-state index in [9.17, 15) is 13.2 Å². The van der Waals surface area contributed by atoms with E-state index < -0.39 is 11.7 Å². The third-order valence-electron chi connectivity index (χ3n) is 5.24. The van der Waals surface area contributed by atoms with Crippen LogP contribution in [0.5, 0.6) is 5.75 Å². The predicted octanol–water partition coefficient (Wildman–Crippen LogP) is 7.01. The lowest BCUT2D eigenvalue weighted by atomic mass is 10.1. The Morgan fingerprint density at radius 3 is 2.29 bits per heavy atom. The minimum Gasteiger partial charge on any atom is -0.493 e. The quantitative estimate of drug-likeness (QED) is 0.266. The van der Waals surface area contributed by atoms with Gasteiger partial charge in [-0.25, -0.2) is 4.98 Å². The van der Waals surface area contributed by atoms with Crippen molar-refractivity contribution in [2.24, 2.45) is 0 Å². The molecule has 34 heavy (non-hydrogen) atoms. The molecule has 0 aliphatic rings. The molecule has 0 spiro atoms. The Labute approximate surface area is 196 Å². The van der Waals surface area contributed by atoms with Crippen LogP contribution in [0.15, 0.2) is 83.3 Å². The van der Waals surface area contributed by atoms with Gasteiger partial charge in [0.25, 0.3) is 0 Å². The van der Waals surface area contributed by atoms with Gasteiger partial charge >= 0.3 is 6.18 Å².